The van der Waals surface area contributed by atoms with Crippen LogP contribution in [0.2, 0.25) is 0 Å². The minimum Gasteiger partial charge on any atom is -0.451 e. The molecule has 3 aromatic rings. The first kappa shape index (κ1) is 17.7. The van der Waals surface area contributed by atoms with Crippen LogP contribution in [0.5, 0.6) is 0 Å². The zero-order valence-electron chi connectivity index (χ0n) is 14.0. The summed E-state index contributed by atoms with van der Waals surface area (Å²) in [6.45, 7) is 1.68. The van der Waals surface area contributed by atoms with Crippen LogP contribution in [0.15, 0.2) is 48.2 Å². The smallest absolute Gasteiger partial charge is 0.359 e. The van der Waals surface area contributed by atoms with Crippen LogP contribution >= 0.6 is 11.3 Å². The number of anilines is 1. The van der Waals surface area contributed by atoms with Crippen molar-refractivity contribution in [2.24, 2.45) is 0 Å². The Morgan fingerprint density at radius 2 is 2.00 bits per heavy atom. The van der Waals surface area contributed by atoms with Gasteiger partial charge < -0.3 is 4.74 Å². The van der Waals surface area contributed by atoms with Gasteiger partial charge in [-0.3, -0.25) is 15.1 Å². The van der Waals surface area contributed by atoms with Crippen molar-refractivity contribution in [1.82, 2.24) is 15.0 Å². The molecule has 2 heterocycles. The molecule has 0 saturated heterocycles. The van der Waals surface area contributed by atoms with Crippen molar-refractivity contribution < 1.29 is 14.3 Å². The lowest BCUT2D eigenvalue weighted by Gasteiger charge is -2.03. The summed E-state index contributed by atoms with van der Waals surface area (Å²) in [6, 6.07) is 8.11. The van der Waals surface area contributed by atoms with Gasteiger partial charge >= 0.3 is 5.97 Å². The maximum atomic E-state index is 11.9. The van der Waals surface area contributed by atoms with E-state index in [0.717, 1.165) is 17.7 Å². The van der Waals surface area contributed by atoms with Gasteiger partial charge in [0.05, 0.1) is 11.9 Å². The molecule has 8 heteroatoms. The molecule has 3 rings (SSSR count). The van der Waals surface area contributed by atoms with E-state index in [9.17, 15) is 9.59 Å². The van der Waals surface area contributed by atoms with Crippen LogP contribution in [0.25, 0.3) is 11.3 Å². The second-order valence-corrected chi connectivity index (χ2v) is 6.16. The van der Waals surface area contributed by atoms with Gasteiger partial charge in [-0.1, -0.05) is 31.2 Å². The molecule has 0 aliphatic heterocycles. The fraction of sp³-hybridized carbons (Fsp3) is 0.167. The highest BCUT2D eigenvalue weighted by Crippen LogP contribution is 2.25. The van der Waals surface area contributed by atoms with Crippen LogP contribution in [-0.2, 0) is 16.0 Å². The van der Waals surface area contributed by atoms with Gasteiger partial charge in [-0.2, -0.15) is 0 Å². The average Bonchev–Trinajstić information content (AvgIpc) is 3.15. The van der Waals surface area contributed by atoms with Crippen molar-refractivity contribution >= 4 is 28.3 Å². The van der Waals surface area contributed by atoms with Crippen molar-refractivity contribution in [2.45, 2.75) is 13.3 Å². The molecule has 0 aliphatic rings. The Morgan fingerprint density at radius 1 is 1.19 bits per heavy atom. The summed E-state index contributed by atoms with van der Waals surface area (Å²) in [5.74, 6) is -1.17. The van der Waals surface area contributed by atoms with Crippen LogP contribution in [0.4, 0.5) is 5.13 Å². The first-order valence-electron chi connectivity index (χ1n) is 7.93. The number of thiazole rings is 1. The average molecular weight is 368 g/mol. The Balaban J connectivity index is 1.55. The Labute approximate surface area is 154 Å². The van der Waals surface area contributed by atoms with E-state index in [4.69, 9.17) is 4.74 Å². The van der Waals surface area contributed by atoms with Crippen molar-refractivity contribution in [3.05, 3.63) is 59.5 Å². The summed E-state index contributed by atoms with van der Waals surface area (Å²) in [6.07, 6.45) is 5.07. The standard InChI is InChI=1S/C18H16N4O3S/c1-2-12-3-5-13(6-4-12)15-11-26-18(21-15)22-16(23)10-25-17(24)14-9-19-7-8-20-14/h3-9,11H,2,10H2,1H3,(H,21,22,23). The largest absolute Gasteiger partial charge is 0.451 e. The summed E-state index contributed by atoms with van der Waals surface area (Å²) in [4.78, 5) is 35.6. The number of nitrogens with zero attached hydrogens (tertiary/aromatic N) is 3. The van der Waals surface area contributed by atoms with E-state index in [2.05, 4.69) is 39.3 Å². The Hall–Kier alpha value is -3.13. The fourth-order valence-corrected chi connectivity index (χ4v) is 2.88. The number of amides is 1. The second-order valence-electron chi connectivity index (χ2n) is 5.30. The molecule has 0 atom stereocenters. The van der Waals surface area contributed by atoms with Gasteiger partial charge in [-0.05, 0) is 12.0 Å². The number of ether oxygens (including phenoxy) is 1. The number of hydrogen-bond donors (Lipinski definition) is 1. The SMILES string of the molecule is CCc1ccc(-c2csc(NC(=O)COC(=O)c3cnccn3)n2)cc1. The molecule has 1 N–H and O–H groups in total. The van der Waals surface area contributed by atoms with Gasteiger partial charge in [0, 0.05) is 23.3 Å². The number of rotatable bonds is 6. The van der Waals surface area contributed by atoms with Gasteiger partial charge in [-0.25, -0.2) is 14.8 Å². The van der Waals surface area contributed by atoms with E-state index in [1.54, 1.807) is 0 Å². The second kappa shape index (κ2) is 8.30. The topological polar surface area (TPSA) is 94.1 Å². The number of carbonyl (C=O) groups excluding carboxylic acids is 2. The Bertz CT molecular complexity index is 894. The van der Waals surface area contributed by atoms with Gasteiger partial charge in [0.2, 0.25) is 0 Å². The molecule has 0 fully saturated rings. The molecule has 1 aromatic carbocycles. The third-order valence-electron chi connectivity index (χ3n) is 3.52. The minimum absolute atomic E-state index is 0.0485. The van der Waals surface area contributed by atoms with E-state index in [1.165, 1.54) is 35.5 Å². The molecule has 0 aliphatic carbocycles. The number of aryl methyl sites for hydroxylation is 1. The van der Waals surface area contributed by atoms with Gasteiger partial charge in [0.25, 0.3) is 5.91 Å². The maximum Gasteiger partial charge on any atom is 0.359 e. The molecule has 26 heavy (non-hydrogen) atoms. The number of carbonyl (C=O) groups is 2. The third-order valence-corrected chi connectivity index (χ3v) is 4.27. The van der Waals surface area contributed by atoms with Crippen LogP contribution < -0.4 is 5.32 Å². The number of hydrogen-bond acceptors (Lipinski definition) is 7. The molecule has 0 bridgehead atoms. The molecule has 0 radical (unpaired) electrons. The molecule has 0 saturated carbocycles. The molecule has 1 amide bonds. The zero-order valence-corrected chi connectivity index (χ0v) is 14.8. The summed E-state index contributed by atoms with van der Waals surface area (Å²) < 4.78 is 4.90. The molecular formula is C18H16N4O3S. The predicted molar refractivity (Wildman–Crippen MR) is 97.9 cm³/mol. The first-order chi connectivity index (χ1) is 12.7. The number of nitrogens with one attached hydrogen (secondary N) is 1. The summed E-state index contributed by atoms with van der Waals surface area (Å²) in [7, 11) is 0. The lowest BCUT2D eigenvalue weighted by atomic mass is 10.1. The van der Waals surface area contributed by atoms with Crippen LogP contribution in [-0.4, -0.2) is 33.4 Å². The molecule has 0 unspecified atom stereocenters. The van der Waals surface area contributed by atoms with Crippen LogP contribution in [0, 0.1) is 0 Å². The number of benzene rings is 1. The monoisotopic (exact) mass is 368 g/mol. The number of aromatic nitrogens is 3. The van der Waals surface area contributed by atoms with Crippen molar-refractivity contribution in [3.63, 3.8) is 0 Å². The molecular weight excluding hydrogens is 352 g/mol. The van der Waals surface area contributed by atoms with Crippen LogP contribution in [0.3, 0.4) is 0 Å². The van der Waals surface area contributed by atoms with E-state index in [1.807, 2.05) is 17.5 Å². The molecule has 0 spiro atoms. The maximum absolute atomic E-state index is 11.9. The molecule has 7 nitrogen and oxygen atoms in total. The highest BCUT2D eigenvalue weighted by atomic mass is 32.1. The third kappa shape index (κ3) is 4.48. The van der Waals surface area contributed by atoms with Gasteiger partial charge in [0.15, 0.2) is 17.4 Å². The summed E-state index contributed by atoms with van der Waals surface area (Å²) >= 11 is 1.31. The zero-order chi connectivity index (χ0) is 18.4. The molecule has 132 valence electrons. The quantitative estimate of drug-likeness (QED) is 0.672. The Kier molecular flexibility index (Phi) is 5.65. The highest BCUT2D eigenvalue weighted by molar-refractivity contribution is 7.14. The van der Waals surface area contributed by atoms with E-state index < -0.39 is 18.5 Å². The molecule has 2 aromatic heterocycles. The summed E-state index contributed by atoms with van der Waals surface area (Å²) in [5.41, 5.74) is 3.06. The van der Waals surface area contributed by atoms with Crippen molar-refractivity contribution in [3.8, 4) is 11.3 Å². The normalized spacial score (nSPS) is 10.3. The summed E-state index contributed by atoms with van der Waals surface area (Å²) in [5, 5.41) is 4.92. The lowest BCUT2D eigenvalue weighted by Crippen LogP contribution is -2.21. The highest BCUT2D eigenvalue weighted by Gasteiger charge is 2.13. The van der Waals surface area contributed by atoms with Crippen molar-refractivity contribution in [1.29, 1.82) is 0 Å². The van der Waals surface area contributed by atoms with Crippen LogP contribution in [0.1, 0.15) is 23.0 Å². The van der Waals surface area contributed by atoms with E-state index >= 15 is 0 Å². The number of esters is 1. The van der Waals surface area contributed by atoms with Crippen molar-refractivity contribution in [2.75, 3.05) is 11.9 Å². The lowest BCUT2D eigenvalue weighted by molar-refractivity contribution is -0.119. The van der Waals surface area contributed by atoms with Gasteiger partial charge in [-0.15, -0.1) is 11.3 Å². The van der Waals surface area contributed by atoms with E-state index in [-0.39, 0.29) is 5.69 Å². The predicted octanol–water partition coefficient (Wildman–Crippen LogP) is 2.96. The first-order valence-corrected chi connectivity index (χ1v) is 8.81. The fourth-order valence-electron chi connectivity index (χ4n) is 2.14. The minimum atomic E-state index is -0.705. The van der Waals surface area contributed by atoms with Gasteiger partial charge in [0.1, 0.15) is 0 Å². The van der Waals surface area contributed by atoms with E-state index in [0.29, 0.717) is 5.13 Å². The Morgan fingerprint density at radius 3 is 2.69 bits per heavy atom.